The van der Waals surface area contributed by atoms with Crippen molar-refractivity contribution in [3.8, 4) is 5.75 Å². The van der Waals surface area contributed by atoms with Gasteiger partial charge in [0.1, 0.15) is 11.6 Å². The van der Waals surface area contributed by atoms with E-state index in [2.05, 4.69) is 0 Å². The second-order valence-electron chi connectivity index (χ2n) is 2.16. The lowest BCUT2D eigenvalue weighted by Gasteiger charge is -2.02. The molecule has 0 amide bonds. The number of nitrogen functional groups attached to an aromatic ring is 1. The quantitative estimate of drug-likeness (QED) is 0.413. The molecule has 0 aromatic heterocycles. The number of rotatable bonds is 1. The van der Waals surface area contributed by atoms with Crippen LogP contribution in [0, 0.1) is 5.82 Å². The number of aromatic hydroxyl groups is 1. The Bertz CT molecular complexity index is 275. The minimum atomic E-state index is -0.681. The van der Waals surface area contributed by atoms with Crippen molar-refractivity contribution >= 4 is 5.69 Å². The Hall–Kier alpha value is -1.29. The van der Waals surface area contributed by atoms with E-state index in [1.54, 1.807) is 0 Å². The highest BCUT2D eigenvalue weighted by Crippen LogP contribution is 2.22. The third-order valence-electron chi connectivity index (χ3n) is 1.37. The molecule has 1 aromatic carbocycles. The van der Waals surface area contributed by atoms with Crippen LogP contribution in [0.4, 0.5) is 10.1 Å². The van der Waals surface area contributed by atoms with E-state index in [4.69, 9.17) is 15.9 Å². The maximum Gasteiger partial charge on any atom is 0.149 e. The van der Waals surface area contributed by atoms with Crippen molar-refractivity contribution in [1.29, 1.82) is 0 Å². The van der Waals surface area contributed by atoms with Crippen LogP contribution in [0.5, 0.6) is 5.75 Å². The highest BCUT2D eigenvalue weighted by atomic mass is 19.1. The van der Waals surface area contributed by atoms with Crippen LogP contribution in [0.25, 0.3) is 0 Å². The van der Waals surface area contributed by atoms with Crippen LogP contribution in [-0.2, 0) is 6.61 Å². The molecule has 60 valence electrons. The SMILES string of the molecule is Nc1cc(CO)c(O)cc1F. The molecule has 0 unspecified atom stereocenters. The minimum Gasteiger partial charge on any atom is -0.507 e. The van der Waals surface area contributed by atoms with E-state index in [1.165, 1.54) is 6.07 Å². The lowest BCUT2D eigenvalue weighted by molar-refractivity contribution is 0.275. The lowest BCUT2D eigenvalue weighted by Crippen LogP contribution is -1.93. The first-order valence-electron chi connectivity index (χ1n) is 3.03. The van der Waals surface area contributed by atoms with E-state index in [1.807, 2.05) is 0 Å². The van der Waals surface area contributed by atoms with Gasteiger partial charge in [-0.05, 0) is 6.07 Å². The average molecular weight is 157 g/mol. The van der Waals surface area contributed by atoms with Crippen LogP contribution in [0.2, 0.25) is 0 Å². The third-order valence-corrected chi connectivity index (χ3v) is 1.37. The van der Waals surface area contributed by atoms with Crippen molar-refractivity contribution in [1.82, 2.24) is 0 Å². The van der Waals surface area contributed by atoms with Crippen molar-refractivity contribution in [2.45, 2.75) is 6.61 Å². The summed E-state index contributed by atoms with van der Waals surface area (Å²) in [5.74, 6) is -0.959. The monoisotopic (exact) mass is 157 g/mol. The largest absolute Gasteiger partial charge is 0.507 e. The molecular weight excluding hydrogens is 149 g/mol. The van der Waals surface area contributed by atoms with Crippen LogP contribution in [0.15, 0.2) is 12.1 Å². The van der Waals surface area contributed by atoms with E-state index in [-0.39, 0.29) is 23.6 Å². The number of nitrogens with two attached hydrogens (primary N) is 1. The smallest absolute Gasteiger partial charge is 0.149 e. The summed E-state index contributed by atoms with van der Waals surface area (Å²) in [5.41, 5.74) is 5.32. The molecule has 0 aliphatic carbocycles. The standard InChI is InChI=1S/C7H8FNO2/c8-5-2-7(11)4(3-10)1-6(5)9/h1-2,10-11H,3,9H2. The number of aliphatic hydroxyl groups excluding tert-OH is 1. The summed E-state index contributed by atoms with van der Waals surface area (Å²) in [6.45, 7) is -0.351. The number of benzene rings is 1. The lowest BCUT2D eigenvalue weighted by atomic mass is 10.2. The molecule has 0 heterocycles. The van der Waals surface area contributed by atoms with Crippen molar-refractivity contribution in [3.05, 3.63) is 23.5 Å². The Labute approximate surface area is 62.9 Å². The second kappa shape index (κ2) is 2.75. The molecule has 0 fully saturated rings. The van der Waals surface area contributed by atoms with Crippen molar-refractivity contribution in [2.24, 2.45) is 0 Å². The van der Waals surface area contributed by atoms with Gasteiger partial charge in [-0.3, -0.25) is 0 Å². The second-order valence-corrected chi connectivity index (χ2v) is 2.16. The Morgan fingerprint density at radius 1 is 1.45 bits per heavy atom. The zero-order chi connectivity index (χ0) is 8.43. The van der Waals surface area contributed by atoms with Gasteiger partial charge in [-0.15, -0.1) is 0 Å². The third kappa shape index (κ3) is 1.40. The van der Waals surface area contributed by atoms with Gasteiger partial charge in [0.05, 0.1) is 12.3 Å². The number of halogens is 1. The van der Waals surface area contributed by atoms with Gasteiger partial charge in [0.25, 0.3) is 0 Å². The van der Waals surface area contributed by atoms with Gasteiger partial charge in [-0.1, -0.05) is 0 Å². The molecule has 0 spiro atoms. The van der Waals surface area contributed by atoms with Gasteiger partial charge in [0.15, 0.2) is 0 Å². The van der Waals surface area contributed by atoms with Crippen LogP contribution in [0.3, 0.4) is 0 Å². The summed E-state index contributed by atoms with van der Waals surface area (Å²) in [7, 11) is 0. The fourth-order valence-corrected chi connectivity index (χ4v) is 0.753. The molecule has 11 heavy (non-hydrogen) atoms. The maximum absolute atomic E-state index is 12.5. The van der Waals surface area contributed by atoms with E-state index in [9.17, 15) is 4.39 Å². The summed E-state index contributed by atoms with van der Waals surface area (Å²) >= 11 is 0. The minimum absolute atomic E-state index is 0.0770. The van der Waals surface area contributed by atoms with E-state index in [0.717, 1.165) is 6.07 Å². The average Bonchev–Trinajstić information content (AvgIpc) is 1.97. The summed E-state index contributed by atoms with van der Waals surface area (Å²) in [6, 6.07) is 2.07. The van der Waals surface area contributed by atoms with Crippen molar-refractivity contribution in [3.63, 3.8) is 0 Å². The molecule has 1 rings (SSSR count). The number of hydrogen-bond donors (Lipinski definition) is 3. The fraction of sp³-hybridized carbons (Fsp3) is 0.143. The predicted octanol–water partition coefficient (Wildman–Crippen LogP) is 0.606. The van der Waals surface area contributed by atoms with Crippen molar-refractivity contribution in [2.75, 3.05) is 5.73 Å². The topological polar surface area (TPSA) is 66.5 Å². The Morgan fingerprint density at radius 2 is 2.09 bits per heavy atom. The first kappa shape index (κ1) is 7.81. The van der Waals surface area contributed by atoms with Gasteiger partial charge >= 0.3 is 0 Å². The van der Waals surface area contributed by atoms with Gasteiger partial charge in [-0.25, -0.2) is 4.39 Å². The molecule has 0 bridgehead atoms. The van der Waals surface area contributed by atoms with E-state index < -0.39 is 5.82 Å². The van der Waals surface area contributed by atoms with Crippen molar-refractivity contribution < 1.29 is 14.6 Å². The molecule has 0 radical (unpaired) electrons. The molecular formula is C7H8FNO2. The predicted molar refractivity (Wildman–Crippen MR) is 38.4 cm³/mol. The summed E-state index contributed by atoms with van der Waals surface area (Å²) in [5, 5.41) is 17.6. The zero-order valence-corrected chi connectivity index (χ0v) is 5.71. The van der Waals surface area contributed by atoms with Gasteiger partial charge in [0.2, 0.25) is 0 Å². The molecule has 1 aromatic rings. The number of aliphatic hydroxyl groups is 1. The Balaban J connectivity index is 3.21. The van der Waals surface area contributed by atoms with Crippen LogP contribution in [-0.4, -0.2) is 10.2 Å². The summed E-state index contributed by atoms with van der Waals surface area (Å²) < 4.78 is 12.5. The van der Waals surface area contributed by atoms with E-state index >= 15 is 0 Å². The van der Waals surface area contributed by atoms with Gasteiger partial charge in [0, 0.05) is 11.6 Å². The highest BCUT2D eigenvalue weighted by Gasteiger charge is 2.04. The maximum atomic E-state index is 12.5. The molecule has 4 N–H and O–H groups in total. The number of hydrogen-bond acceptors (Lipinski definition) is 3. The van der Waals surface area contributed by atoms with Gasteiger partial charge < -0.3 is 15.9 Å². The molecule has 4 heteroatoms. The first-order chi connectivity index (χ1) is 5.15. The Kier molecular flexibility index (Phi) is 1.96. The van der Waals surface area contributed by atoms with Gasteiger partial charge in [-0.2, -0.15) is 0 Å². The van der Waals surface area contributed by atoms with E-state index in [0.29, 0.717) is 0 Å². The summed E-state index contributed by atoms with van der Waals surface area (Å²) in [4.78, 5) is 0. The van der Waals surface area contributed by atoms with Crippen LogP contribution < -0.4 is 5.73 Å². The fourth-order valence-electron chi connectivity index (χ4n) is 0.753. The molecule has 0 aliphatic heterocycles. The molecule has 0 aliphatic rings. The summed E-state index contributed by atoms with van der Waals surface area (Å²) in [6.07, 6.45) is 0. The molecule has 3 nitrogen and oxygen atoms in total. The first-order valence-corrected chi connectivity index (χ1v) is 3.03. The molecule has 0 atom stereocenters. The zero-order valence-electron chi connectivity index (χ0n) is 5.71. The highest BCUT2D eigenvalue weighted by molar-refractivity contribution is 5.48. The molecule has 0 saturated carbocycles. The van der Waals surface area contributed by atoms with Crippen LogP contribution in [0.1, 0.15) is 5.56 Å². The normalized spacial score (nSPS) is 10.0. The van der Waals surface area contributed by atoms with Crippen LogP contribution >= 0.6 is 0 Å². The molecule has 0 saturated heterocycles. The Morgan fingerprint density at radius 3 is 2.64 bits per heavy atom. The number of phenols is 1. The number of anilines is 1.